The van der Waals surface area contributed by atoms with Crippen molar-refractivity contribution < 1.29 is 13.9 Å². The standard InChI is InChI=1S/C33H35FN6O2/c1-3-31(41)40-13-12-39(18-21(40)9-10-35)32-28-16-29(34)27(24-8-4-7-23-25-14-20(25)15-26(23)24)17-30(28)36-33(37-32)42-19-22-6-5-11-38(22)2/h3-4,7-8,16-17,20-22,25H,1,5-6,9,11-15,18-19H2,2H3/t20-,21-,22-,25-/m0/s1. The maximum Gasteiger partial charge on any atom is 0.319 e. The number of amides is 1. The highest BCUT2D eigenvalue weighted by molar-refractivity contribution is 5.94. The number of rotatable bonds is 7. The van der Waals surface area contributed by atoms with Crippen molar-refractivity contribution in [2.75, 3.05) is 44.7 Å². The van der Waals surface area contributed by atoms with Crippen molar-refractivity contribution in [1.29, 1.82) is 5.26 Å². The number of halogens is 1. The van der Waals surface area contributed by atoms with Crippen LogP contribution in [0.15, 0.2) is 43.0 Å². The predicted molar refractivity (Wildman–Crippen MR) is 159 cm³/mol. The van der Waals surface area contributed by atoms with Crippen LogP contribution in [0.3, 0.4) is 0 Å². The molecule has 42 heavy (non-hydrogen) atoms. The Morgan fingerprint density at radius 1 is 1.21 bits per heavy atom. The van der Waals surface area contributed by atoms with E-state index in [1.807, 2.05) is 23.1 Å². The second kappa shape index (κ2) is 10.7. The van der Waals surface area contributed by atoms with Gasteiger partial charge in [0.1, 0.15) is 18.2 Å². The number of hydrogen-bond acceptors (Lipinski definition) is 7. The first-order chi connectivity index (χ1) is 20.4. The van der Waals surface area contributed by atoms with Crippen LogP contribution >= 0.6 is 0 Å². The van der Waals surface area contributed by atoms with Crippen molar-refractivity contribution in [2.24, 2.45) is 5.92 Å². The summed E-state index contributed by atoms with van der Waals surface area (Å²) in [5.74, 6) is 1.38. The van der Waals surface area contributed by atoms with E-state index in [9.17, 15) is 10.1 Å². The summed E-state index contributed by atoms with van der Waals surface area (Å²) >= 11 is 0. The van der Waals surface area contributed by atoms with Gasteiger partial charge in [-0.05, 0) is 86.0 Å². The first kappa shape index (κ1) is 26.8. The molecule has 0 radical (unpaired) electrons. The number of aromatic nitrogens is 2. The third kappa shape index (κ3) is 4.68. The lowest BCUT2D eigenvalue weighted by Gasteiger charge is -2.41. The topological polar surface area (TPSA) is 85.6 Å². The molecule has 3 aromatic rings. The summed E-state index contributed by atoms with van der Waals surface area (Å²) in [5.41, 5.74) is 4.73. The third-order valence-electron chi connectivity index (χ3n) is 9.68. The fraction of sp³-hybridized carbons (Fsp3) is 0.455. The lowest BCUT2D eigenvalue weighted by molar-refractivity contribution is -0.128. The monoisotopic (exact) mass is 566 g/mol. The zero-order valence-electron chi connectivity index (χ0n) is 23.9. The van der Waals surface area contributed by atoms with Crippen LogP contribution in [-0.4, -0.2) is 77.6 Å². The molecule has 2 aromatic carbocycles. The average molecular weight is 567 g/mol. The van der Waals surface area contributed by atoms with Crippen molar-refractivity contribution >= 4 is 22.6 Å². The van der Waals surface area contributed by atoms with E-state index < -0.39 is 0 Å². The van der Waals surface area contributed by atoms with E-state index >= 15 is 4.39 Å². The minimum atomic E-state index is -0.335. The highest BCUT2D eigenvalue weighted by atomic mass is 19.1. The summed E-state index contributed by atoms with van der Waals surface area (Å²) in [6.45, 7) is 6.42. The molecule has 3 heterocycles. The molecule has 1 amide bonds. The number of fused-ring (bicyclic) bond motifs is 4. The molecule has 216 valence electrons. The zero-order valence-corrected chi connectivity index (χ0v) is 23.9. The average Bonchev–Trinajstić information content (AvgIpc) is 3.49. The molecule has 8 nitrogen and oxygen atoms in total. The first-order valence-electron chi connectivity index (χ1n) is 15.0. The Kier molecular flexibility index (Phi) is 6.82. The molecule has 4 aliphatic rings. The van der Waals surface area contributed by atoms with Crippen LogP contribution in [0.25, 0.3) is 22.0 Å². The number of hydrogen-bond donors (Lipinski definition) is 0. The van der Waals surface area contributed by atoms with Gasteiger partial charge in [0.25, 0.3) is 0 Å². The maximum atomic E-state index is 16.0. The van der Waals surface area contributed by atoms with Crippen LogP contribution in [0.1, 0.15) is 42.7 Å². The first-order valence-corrected chi connectivity index (χ1v) is 15.0. The second-order valence-corrected chi connectivity index (χ2v) is 12.1. The van der Waals surface area contributed by atoms with Crippen molar-refractivity contribution in [3.05, 3.63) is 59.9 Å². The normalized spacial score (nSPS) is 24.8. The Morgan fingerprint density at radius 3 is 2.88 bits per heavy atom. The molecule has 1 saturated carbocycles. The lowest BCUT2D eigenvalue weighted by atomic mass is 9.93. The molecule has 3 fully saturated rings. The quantitative estimate of drug-likeness (QED) is 0.384. The van der Waals surface area contributed by atoms with E-state index in [-0.39, 0.29) is 30.2 Å². The minimum Gasteiger partial charge on any atom is -0.462 e. The number of anilines is 1. The van der Waals surface area contributed by atoms with Crippen LogP contribution in [0.5, 0.6) is 6.01 Å². The largest absolute Gasteiger partial charge is 0.462 e. The number of piperazine rings is 1. The molecule has 0 spiro atoms. The van der Waals surface area contributed by atoms with E-state index in [0.29, 0.717) is 66.4 Å². The minimum absolute atomic E-state index is 0.177. The smallest absolute Gasteiger partial charge is 0.319 e. The fourth-order valence-electron chi connectivity index (χ4n) is 7.27. The number of benzene rings is 2. The molecule has 0 unspecified atom stereocenters. The van der Waals surface area contributed by atoms with Gasteiger partial charge in [-0.3, -0.25) is 4.79 Å². The van der Waals surface area contributed by atoms with Gasteiger partial charge in [-0.25, -0.2) is 4.39 Å². The predicted octanol–water partition coefficient (Wildman–Crippen LogP) is 4.69. The number of carbonyl (C=O) groups excluding carboxylic acids is 1. The van der Waals surface area contributed by atoms with Crippen LogP contribution in [0.2, 0.25) is 0 Å². The molecule has 2 saturated heterocycles. The van der Waals surface area contributed by atoms with Crippen molar-refractivity contribution in [3.63, 3.8) is 0 Å². The number of ether oxygens (including phenoxy) is 1. The molecular formula is C33H35FN6O2. The number of likely N-dealkylation sites (tertiary alicyclic amines) is 1. The van der Waals surface area contributed by atoms with Crippen molar-refractivity contribution in [1.82, 2.24) is 19.8 Å². The summed E-state index contributed by atoms with van der Waals surface area (Å²) in [6, 6.07) is 12.1. The highest BCUT2D eigenvalue weighted by Gasteiger charge is 2.45. The summed E-state index contributed by atoms with van der Waals surface area (Å²) in [6.07, 6.45) is 5.89. The lowest BCUT2D eigenvalue weighted by Crippen LogP contribution is -2.55. The van der Waals surface area contributed by atoms with Crippen LogP contribution in [0.4, 0.5) is 10.2 Å². The number of nitrogens with zero attached hydrogens (tertiary/aromatic N) is 6. The molecule has 4 atom stereocenters. The summed E-state index contributed by atoms with van der Waals surface area (Å²) in [5, 5.41) is 10.1. The van der Waals surface area contributed by atoms with Crippen LogP contribution in [0, 0.1) is 23.1 Å². The number of nitriles is 1. The van der Waals surface area contributed by atoms with Gasteiger partial charge in [-0.2, -0.15) is 15.2 Å². The molecule has 0 N–H and O–H groups in total. The van der Waals surface area contributed by atoms with Crippen LogP contribution in [-0.2, 0) is 11.2 Å². The molecule has 2 aliphatic carbocycles. The third-order valence-corrected chi connectivity index (χ3v) is 9.68. The Bertz CT molecular complexity index is 1620. The van der Waals surface area contributed by atoms with Gasteiger partial charge >= 0.3 is 6.01 Å². The summed E-state index contributed by atoms with van der Waals surface area (Å²) in [7, 11) is 2.10. The summed E-state index contributed by atoms with van der Waals surface area (Å²) in [4.78, 5) is 28.1. The molecule has 9 heteroatoms. The molecule has 2 aliphatic heterocycles. The van der Waals surface area contributed by atoms with Gasteiger partial charge in [-0.1, -0.05) is 24.8 Å². The molecule has 7 rings (SSSR count). The van der Waals surface area contributed by atoms with Gasteiger partial charge in [0.2, 0.25) is 5.91 Å². The molecule has 1 aromatic heterocycles. The fourth-order valence-corrected chi connectivity index (χ4v) is 7.27. The Labute approximate surface area is 245 Å². The highest BCUT2D eigenvalue weighted by Crippen LogP contribution is 2.58. The van der Waals surface area contributed by atoms with Gasteiger partial charge in [0.15, 0.2) is 0 Å². The van der Waals surface area contributed by atoms with Gasteiger partial charge < -0.3 is 19.4 Å². The zero-order chi connectivity index (χ0) is 29.0. The maximum absolute atomic E-state index is 16.0. The summed E-state index contributed by atoms with van der Waals surface area (Å²) < 4.78 is 22.2. The Balaban J connectivity index is 1.29. The van der Waals surface area contributed by atoms with Crippen molar-refractivity contribution in [3.8, 4) is 23.2 Å². The molecule has 0 bridgehead atoms. The second-order valence-electron chi connectivity index (χ2n) is 12.1. The number of carbonyl (C=O) groups is 1. The van der Waals surface area contributed by atoms with E-state index in [1.54, 1.807) is 11.0 Å². The van der Waals surface area contributed by atoms with Crippen LogP contribution < -0.4 is 9.64 Å². The van der Waals surface area contributed by atoms with Gasteiger partial charge in [-0.15, -0.1) is 0 Å². The van der Waals surface area contributed by atoms with E-state index in [0.717, 1.165) is 31.4 Å². The van der Waals surface area contributed by atoms with Gasteiger partial charge in [0.05, 0.1) is 24.0 Å². The van der Waals surface area contributed by atoms with Gasteiger partial charge in [0, 0.05) is 36.6 Å². The van der Waals surface area contributed by atoms with E-state index in [1.165, 1.54) is 23.6 Å². The molecular weight excluding hydrogens is 531 g/mol. The SMILES string of the molecule is C=CC(=O)N1CCN(c2nc(OC[C@@H]3CCCN3C)nc3cc(-c4cccc5c4C[C@@H]4C[C@H]54)c(F)cc23)C[C@@H]1CC#N. The number of likely N-dealkylation sites (N-methyl/N-ethyl adjacent to an activating group) is 1. The Morgan fingerprint density at radius 2 is 2.10 bits per heavy atom. The van der Waals surface area contributed by atoms with E-state index in [4.69, 9.17) is 14.7 Å². The Hall–Kier alpha value is -4.03. The van der Waals surface area contributed by atoms with Crippen molar-refractivity contribution in [2.45, 2.75) is 50.1 Å². The van der Waals surface area contributed by atoms with E-state index in [2.05, 4.69) is 30.7 Å².